The molecule has 2 rings (SSSR count). The maximum absolute atomic E-state index is 12.0. The number of phosphoric ester groups is 1. The summed E-state index contributed by atoms with van der Waals surface area (Å²) >= 11 is 0. The second-order valence-corrected chi connectivity index (χ2v) is 5.92. The van der Waals surface area contributed by atoms with Crippen LogP contribution in [0.5, 0.6) is 0 Å². The van der Waals surface area contributed by atoms with Crippen molar-refractivity contribution in [3.8, 4) is 0 Å². The minimum Gasteiger partial charge on any atom is -0.387 e. The molecule has 4 atom stereocenters. The van der Waals surface area contributed by atoms with Gasteiger partial charge in [0.05, 0.1) is 6.61 Å². The summed E-state index contributed by atoms with van der Waals surface area (Å²) in [5.74, 6) is -1.08. The summed E-state index contributed by atoms with van der Waals surface area (Å²) in [7, 11) is -4.80. The van der Waals surface area contributed by atoms with E-state index in [9.17, 15) is 24.4 Å². The third-order valence-electron chi connectivity index (χ3n) is 3.12. The van der Waals surface area contributed by atoms with Crippen molar-refractivity contribution in [2.24, 2.45) is 5.73 Å². The van der Waals surface area contributed by atoms with Gasteiger partial charge in [-0.15, -0.1) is 0 Å². The van der Waals surface area contributed by atoms with Crippen molar-refractivity contribution in [1.82, 2.24) is 9.55 Å². The Balaban J connectivity index is 2.25. The number of aromatic nitrogens is 2. The number of primary amides is 1. The number of amides is 1. The van der Waals surface area contributed by atoms with Crippen LogP contribution in [-0.2, 0) is 13.8 Å². The van der Waals surface area contributed by atoms with E-state index >= 15 is 0 Å². The van der Waals surface area contributed by atoms with Crippen LogP contribution in [0.15, 0.2) is 17.2 Å². The average molecular weight is 351 g/mol. The Morgan fingerprint density at radius 3 is 2.65 bits per heavy atom. The van der Waals surface area contributed by atoms with Crippen molar-refractivity contribution in [3.05, 3.63) is 28.4 Å². The normalized spacial score (nSPS) is 28.0. The van der Waals surface area contributed by atoms with Gasteiger partial charge in [0.15, 0.2) is 11.9 Å². The Labute approximate surface area is 128 Å². The van der Waals surface area contributed by atoms with E-state index in [4.69, 9.17) is 20.3 Å². The predicted molar refractivity (Wildman–Crippen MR) is 70.9 cm³/mol. The first-order valence-electron chi connectivity index (χ1n) is 6.20. The lowest BCUT2D eigenvalue weighted by Crippen LogP contribution is -2.38. The van der Waals surface area contributed by atoms with Gasteiger partial charge >= 0.3 is 7.82 Å². The van der Waals surface area contributed by atoms with Crippen LogP contribution in [0.3, 0.4) is 0 Å². The number of nitrogens with zero attached hydrogens (tertiary/aromatic N) is 2. The standard InChI is InChI=1S/C10H14N3O9P/c11-8(16)5-9(17)13(2-1-12-5)10-7(15)6(14)4(22-10)3-21-23(18,19)20/h1-2,4,6-7,10,14-15H,3H2,(H2,11,16)(H2,18,19,20)/t4-,6?,7?,10+/m1/s1. The Bertz CT molecular complexity index is 701. The van der Waals surface area contributed by atoms with Gasteiger partial charge in [0, 0.05) is 12.4 Å². The number of carbonyl (C=O) groups is 1. The van der Waals surface area contributed by atoms with Gasteiger partial charge in [-0.25, -0.2) is 9.55 Å². The second-order valence-electron chi connectivity index (χ2n) is 4.69. The summed E-state index contributed by atoms with van der Waals surface area (Å²) in [6.07, 6.45) is -3.74. The smallest absolute Gasteiger partial charge is 0.387 e. The number of phosphoric acid groups is 1. The van der Waals surface area contributed by atoms with E-state index in [1.165, 1.54) is 0 Å². The van der Waals surface area contributed by atoms with Crippen LogP contribution in [0.25, 0.3) is 0 Å². The molecule has 0 saturated carbocycles. The van der Waals surface area contributed by atoms with Crippen molar-refractivity contribution < 1.29 is 38.6 Å². The fourth-order valence-corrected chi connectivity index (χ4v) is 2.40. The van der Waals surface area contributed by atoms with Gasteiger partial charge in [-0.1, -0.05) is 0 Å². The molecular weight excluding hydrogens is 337 g/mol. The third kappa shape index (κ3) is 3.82. The maximum atomic E-state index is 12.0. The fraction of sp³-hybridized carbons (Fsp3) is 0.500. The Morgan fingerprint density at radius 1 is 1.43 bits per heavy atom. The summed E-state index contributed by atoms with van der Waals surface area (Å²) in [4.78, 5) is 43.9. The SMILES string of the molecule is NC(=O)c1nccn([C@H]2O[C@H](COP(=O)(O)O)C(O)C2O)c1=O. The maximum Gasteiger partial charge on any atom is 0.469 e. The number of aliphatic hydroxyl groups excluding tert-OH is 2. The summed E-state index contributed by atoms with van der Waals surface area (Å²) in [6, 6.07) is 0. The topological polar surface area (TPSA) is 194 Å². The zero-order valence-corrected chi connectivity index (χ0v) is 12.3. The fourth-order valence-electron chi connectivity index (χ4n) is 2.06. The zero-order valence-electron chi connectivity index (χ0n) is 11.4. The van der Waals surface area contributed by atoms with Gasteiger partial charge in [0.2, 0.25) is 0 Å². The lowest BCUT2D eigenvalue weighted by atomic mass is 10.1. The summed E-state index contributed by atoms with van der Waals surface area (Å²) in [5.41, 5.74) is 3.45. The number of hydrogen-bond acceptors (Lipinski definition) is 8. The third-order valence-corrected chi connectivity index (χ3v) is 3.61. The van der Waals surface area contributed by atoms with Gasteiger partial charge in [-0.2, -0.15) is 0 Å². The van der Waals surface area contributed by atoms with Crippen LogP contribution >= 0.6 is 7.82 Å². The monoisotopic (exact) mass is 351 g/mol. The van der Waals surface area contributed by atoms with Gasteiger partial charge in [-0.05, 0) is 0 Å². The van der Waals surface area contributed by atoms with Gasteiger partial charge in [-0.3, -0.25) is 18.7 Å². The number of rotatable bonds is 5. The minimum absolute atomic E-state index is 0.590. The molecule has 0 spiro atoms. The van der Waals surface area contributed by atoms with Crippen molar-refractivity contribution in [3.63, 3.8) is 0 Å². The van der Waals surface area contributed by atoms with Crippen LogP contribution in [0, 0.1) is 0 Å². The van der Waals surface area contributed by atoms with E-state index in [0.29, 0.717) is 0 Å². The van der Waals surface area contributed by atoms with Crippen LogP contribution in [0.1, 0.15) is 16.7 Å². The van der Waals surface area contributed by atoms with E-state index < -0.39 is 56.1 Å². The molecule has 1 aromatic heterocycles. The Morgan fingerprint density at radius 2 is 2.09 bits per heavy atom. The minimum atomic E-state index is -4.80. The summed E-state index contributed by atoms with van der Waals surface area (Å²) < 4.78 is 20.9. The molecule has 1 fully saturated rings. The molecule has 1 aliphatic rings. The molecule has 0 radical (unpaired) electrons. The highest BCUT2D eigenvalue weighted by Gasteiger charge is 2.45. The van der Waals surface area contributed by atoms with Crippen LogP contribution in [0.4, 0.5) is 0 Å². The molecule has 0 bridgehead atoms. The molecule has 2 unspecified atom stereocenters. The quantitative estimate of drug-likeness (QED) is 0.343. The van der Waals surface area contributed by atoms with Gasteiger partial charge < -0.3 is 30.5 Å². The molecular formula is C10H14N3O9P. The van der Waals surface area contributed by atoms with Crippen molar-refractivity contribution >= 4 is 13.7 Å². The summed E-state index contributed by atoms with van der Waals surface area (Å²) in [6.45, 7) is -0.721. The van der Waals surface area contributed by atoms with Crippen molar-refractivity contribution in [2.75, 3.05) is 6.61 Å². The average Bonchev–Trinajstić information content (AvgIpc) is 2.72. The van der Waals surface area contributed by atoms with E-state index in [0.717, 1.165) is 17.0 Å². The van der Waals surface area contributed by atoms with Gasteiger partial charge in [0.1, 0.15) is 18.3 Å². The number of carbonyl (C=O) groups excluding carboxylic acids is 1. The van der Waals surface area contributed by atoms with E-state index in [2.05, 4.69) is 9.51 Å². The Kier molecular flexibility index (Phi) is 4.96. The molecule has 128 valence electrons. The molecule has 1 saturated heterocycles. The zero-order chi connectivity index (χ0) is 17.4. The van der Waals surface area contributed by atoms with Gasteiger partial charge in [0.25, 0.3) is 11.5 Å². The highest BCUT2D eigenvalue weighted by molar-refractivity contribution is 7.46. The number of ether oxygens (including phenoxy) is 1. The molecule has 12 nitrogen and oxygen atoms in total. The first-order chi connectivity index (χ1) is 10.6. The lowest BCUT2D eigenvalue weighted by molar-refractivity contribution is -0.0538. The first kappa shape index (κ1) is 17.7. The molecule has 0 aromatic carbocycles. The molecule has 6 N–H and O–H groups in total. The molecule has 23 heavy (non-hydrogen) atoms. The van der Waals surface area contributed by atoms with E-state index in [-0.39, 0.29) is 0 Å². The molecule has 2 heterocycles. The largest absolute Gasteiger partial charge is 0.469 e. The predicted octanol–water partition coefficient (Wildman–Crippen LogP) is -2.93. The molecule has 13 heteroatoms. The number of aliphatic hydroxyl groups is 2. The second kappa shape index (κ2) is 6.45. The lowest BCUT2D eigenvalue weighted by Gasteiger charge is -2.17. The summed E-state index contributed by atoms with van der Waals surface area (Å²) in [5, 5.41) is 19.8. The van der Waals surface area contributed by atoms with E-state index in [1.807, 2.05) is 0 Å². The first-order valence-corrected chi connectivity index (χ1v) is 7.73. The van der Waals surface area contributed by atoms with Crippen LogP contribution in [0.2, 0.25) is 0 Å². The number of nitrogens with two attached hydrogens (primary N) is 1. The van der Waals surface area contributed by atoms with Crippen molar-refractivity contribution in [2.45, 2.75) is 24.5 Å². The van der Waals surface area contributed by atoms with Crippen molar-refractivity contribution in [1.29, 1.82) is 0 Å². The highest BCUT2D eigenvalue weighted by Crippen LogP contribution is 2.38. The molecule has 1 aromatic rings. The van der Waals surface area contributed by atoms with Crippen LogP contribution in [-0.4, -0.2) is 60.4 Å². The highest BCUT2D eigenvalue weighted by atomic mass is 31.2. The Hall–Kier alpha value is -1.66. The molecule has 1 aliphatic heterocycles. The molecule has 1 amide bonds. The molecule has 0 aliphatic carbocycles. The van der Waals surface area contributed by atoms with Crippen LogP contribution < -0.4 is 11.3 Å². The number of hydrogen-bond donors (Lipinski definition) is 5. The van der Waals surface area contributed by atoms with E-state index in [1.54, 1.807) is 0 Å².